The Bertz CT molecular complexity index is 253. The van der Waals surface area contributed by atoms with E-state index >= 15 is 0 Å². The summed E-state index contributed by atoms with van der Waals surface area (Å²) in [7, 11) is 0. The summed E-state index contributed by atoms with van der Waals surface area (Å²) in [5.74, 6) is 5.05. The molecule has 0 saturated carbocycles. The Morgan fingerprint density at radius 2 is 1.35 bits per heavy atom. The van der Waals surface area contributed by atoms with Crippen molar-refractivity contribution in [2.75, 3.05) is 23.0 Å². The van der Waals surface area contributed by atoms with E-state index in [2.05, 4.69) is 0 Å². The first-order chi connectivity index (χ1) is 8.24. The standard InChI is InChI=1S/C12H18S5/c13-9(5-11-7-16-11)1-3-15-4-2-10(14)6-12-8-17-12/h11-12H,1-8H2. The molecule has 0 N–H and O–H groups in total. The maximum Gasteiger partial charge on any atom is 0.0184 e. The van der Waals surface area contributed by atoms with Crippen LogP contribution in [0.25, 0.3) is 0 Å². The van der Waals surface area contributed by atoms with Gasteiger partial charge in [-0.1, -0.05) is 24.4 Å². The second kappa shape index (κ2) is 7.73. The first kappa shape index (κ1) is 14.6. The Morgan fingerprint density at radius 3 is 1.71 bits per heavy atom. The van der Waals surface area contributed by atoms with E-state index in [9.17, 15) is 0 Å². The molecule has 5 heteroatoms. The summed E-state index contributed by atoms with van der Waals surface area (Å²) >= 11 is 16.9. The van der Waals surface area contributed by atoms with E-state index < -0.39 is 0 Å². The van der Waals surface area contributed by atoms with E-state index in [4.69, 9.17) is 24.4 Å². The molecule has 0 aliphatic carbocycles. The molecule has 0 aromatic carbocycles. The van der Waals surface area contributed by atoms with Crippen LogP contribution >= 0.6 is 59.7 Å². The minimum atomic E-state index is 0.871. The second-order valence-corrected chi connectivity index (χ2v) is 9.55. The van der Waals surface area contributed by atoms with Crippen molar-refractivity contribution in [3.63, 3.8) is 0 Å². The lowest BCUT2D eigenvalue weighted by Crippen LogP contribution is -2.03. The Morgan fingerprint density at radius 1 is 0.941 bits per heavy atom. The zero-order valence-electron chi connectivity index (χ0n) is 9.85. The molecule has 0 spiro atoms. The van der Waals surface area contributed by atoms with Gasteiger partial charge in [0.05, 0.1) is 0 Å². The molecule has 2 saturated heterocycles. The lowest BCUT2D eigenvalue weighted by molar-refractivity contribution is 1.09. The highest BCUT2D eigenvalue weighted by atomic mass is 32.2. The minimum absolute atomic E-state index is 0.871. The van der Waals surface area contributed by atoms with Crippen molar-refractivity contribution in [1.29, 1.82) is 0 Å². The van der Waals surface area contributed by atoms with Gasteiger partial charge in [0.15, 0.2) is 0 Å². The van der Waals surface area contributed by atoms with Gasteiger partial charge in [-0.05, 0) is 46.9 Å². The van der Waals surface area contributed by atoms with E-state index in [1.165, 1.54) is 45.6 Å². The summed E-state index contributed by atoms with van der Waals surface area (Å²) in [5, 5.41) is 1.74. The quantitative estimate of drug-likeness (QED) is 0.334. The van der Waals surface area contributed by atoms with Gasteiger partial charge in [-0.25, -0.2) is 0 Å². The number of thioether (sulfide) groups is 3. The van der Waals surface area contributed by atoms with E-state index in [0.29, 0.717) is 0 Å². The fourth-order valence-electron chi connectivity index (χ4n) is 1.56. The van der Waals surface area contributed by atoms with Crippen molar-refractivity contribution in [3.05, 3.63) is 0 Å². The molecule has 17 heavy (non-hydrogen) atoms. The van der Waals surface area contributed by atoms with Crippen LogP contribution in [0.4, 0.5) is 0 Å². The van der Waals surface area contributed by atoms with E-state index in [-0.39, 0.29) is 0 Å². The summed E-state index contributed by atoms with van der Waals surface area (Å²) in [6, 6.07) is 0. The molecule has 0 nitrogen and oxygen atoms in total. The van der Waals surface area contributed by atoms with Gasteiger partial charge in [-0.3, -0.25) is 0 Å². The van der Waals surface area contributed by atoms with Gasteiger partial charge in [0.1, 0.15) is 0 Å². The van der Waals surface area contributed by atoms with Crippen LogP contribution < -0.4 is 0 Å². The summed E-state index contributed by atoms with van der Waals surface area (Å²) in [6.07, 6.45) is 4.61. The zero-order valence-corrected chi connectivity index (χ0v) is 13.9. The van der Waals surface area contributed by atoms with Crippen LogP contribution in [0.3, 0.4) is 0 Å². The van der Waals surface area contributed by atoms with E-state index in [0.717, 1.165) is 23.3 Å². The van der Waals surface area contributed by atoms with Crippen molar-refractivity contribution in [3.8, 4) is 0 Å². The van der Waals surface area contributed by atoms with Crippen molar-refractivity contribution in [2.45, 2.75) is 36.2 Å². The lowest BCUT2D eigenvalue weighted by atomic mass is 10.2. The molecule has 2 fully saturated rings. The van der Waals surface area contributed by atoms with Gasteiger partial charge in [0.25, 0.3) is 0 Å². The molecule has 2 aliphatic rings. The largest absolute Gasteiger partial charge is 0.161 e. The van der Waals surface area contributed by atoms with Gasteiger partial charge in [-0.2, -0.15) is 35.3 Å². The average molecular weight is 323 g/mol. The molecule has 0 aromatic rings. The smallest absolute Gasteiger partial charge is 0.0184 e. The van der Waals surface area contributed by atoms with Gasteiger partial charge < -0.3 is 0 Å². The van der Waals surface area contributed by atoms with E-state index in [1.807, 2.05) is 35.3 Å². The maximum atomic E-state index is 5.38. The third kappa shape index (κ3) is 7.41. The Kier molecular flexibility index (Phi) is 6.66. The first-order valence-corrected chi connectivity index (χ1v) is 10.2. The molecule has 96 valence electrons. The summed E-state index contributed by atoms with van der Waals surface area (Å²) in [5.41, 5.74) is 0. The van der Waals surface area contributed by atoms with Crippen LogP contribution in [0.15, 0.2) is 0 Å². The molecular formula is C12H18S5. The minimum Gasteiger partial charge on any atom is -0.161 e. The second-order valence-electron chi connectivity index (χ2n) is 4.51. The molecule has 2 rings (SSSR count). The summed E-state index contributed by atoms with van der Waals surface area (Å²) < 4.78 is 0. The Hall–Kier alpha value is 1.23. The molecular weight excluding hydrogens is 304 g/mol. The van der Waals surface area contributed by atoms with Crippen LogP contribution in [0.2, 0.25) is 0 Å². The van der Waals surface area contributed by atoms with Crippen LogP contribution in [-0.2, 0) is 0 Å². The highest BCUT2D eigenvalue weighted by Gasteiger charge is 2.24. The Balaban J connectivity index is 1.39. The van der Waals surface area contributed by atoms with Crippen LogP contribution in [-0.4, -0.2) is 43.2 Å². The van der Waals surface area contributed by atoms with Crippen LogP contribution in [0.1, 0.15) is 25.7 Å². The average Bonchev–Trinajstić information content (AvgIpc) is 3.13. The van der Waals surface area contributed by atoms with Gasteiger partial charge in [0, 0.05) is 22.0 Å². The molecule has 0 radical (unpaired) electrons. The molecule has 2 aliphatic heterocycles. The number of rotatable bonds is 10. The highest BCUT2D eigenvalue weighted by molar-refractivity contribution is 8.07. The van der Waals surface area contributed by atoms with Gasteiger partial charge in [-0.15, -0.1) is 0 Å². The summed E-state index contributed by atoms with van der Waals surface area (Å²) in [6.45, 7) is 0. The van der Waals surface area contributed by atoms with Crippen molar-refractivity contribution in [2.24, 2.45) is 0 Å². The van der Waals surface area contributed by atoms with Crippen LogP contribution in [0, 0.1) is 0 Å². The first-order valence-electron chi connectivity index (χ1n) is 6.08. The highest BCUT2D eigenvalue weighted by Crippen LogP contribution is 2.34. The zero-order chi connectivity index (χ0) is 12.1. The van der Waals surface area contributed by atoms with Crippen LogP contribution in [0.5, 0.6) is 0 Å². The molecule has 2 unspecified atom stereocenters. The fraction of sp³-hybridized carbons (Fsp3) is 0.833. The lowest BCUT2D eigenvalue weighted by Gasteiger charge is -2.04. The SMILES string of the molecule is S=C(CCSCCC(=S)CC1CS1)CC1CS1. The van der Waals surface area contributed by atoms with E-state index in [1.54, 1.807) is 0 Å². The molecule has 0 amide bonds. The molecule has 2 atom stereocenters. The topological polar surface area (TPSA) is 0 Å². The summed E-state index contributed by atoms with van der Waals surface area (Å²) in [4.78, 5) is 2.56. The Labute approximate surface area is 128 Å². The monoisotopic (exact) mass is 322 g/mol. The molecule has 0 bridgehead atoms. The number of thiocarbonyl (C=S) groups is 2. The van der Waals surface area contributed by atoms with Crippen molar-refractivity contribution in [1.82, 2.24) is 0 Å². The fourth-order valence-corrected chi connectivity index (χ4v) is 4.77. The van der Waals surface area contributed by atoms with Crippen molar-refractivity contribution >= 4 is 69.5 Å². The third-order valence-corrected chi connectivity index (χ3v) is 6.44. The normalized spacial score (nSPS) is 25.6. The predicted octanol–water partition coefficient (Wildman–Crippen LogP) is 4.25. The number of hydrogen-bond acceptors (Lipinski definition) is 5. The number of hydrogen-bond donors (Lipinski definition) is 0. The maximum absolute atomic E-state index is 5.38. The van der Waals surface area contributed by atoms with Gasteiger partial charge in [0.2, 0.25) is 0 Å². The molecule has 0 aromatic heterocycles. The third-order valence-electron chi connectivity index (χ3n) is 2.77. The predicted molar refractivity (Wildman–Crippen MR) is 93.5 cm³/mol. The van der Waals surface area contributed by atoms with Gasteiger partial charge >= 0.3 is 0 Å². The van der Waals surface area contributed by atoms with Crippen molar-refractivity contribution < 1.29 is 0 Å². The molecule has 2 heterocycles.